The second-order valence-corrected chi connectivity index (χ2v) is 3.44. The predicted molar refractivity (Wildman–Crippen MR) is 56.5 cm³/mol. The van der Waals surface area contributed by atoms with E-state index in [9.17, 15) is 4.79 Å². The maximum atomic E-state index is 11.6. The van der Waals surface area contributed by atoms with E-state index >= 15 is 0 Å². The number of hydrogen-bond donors (Lipinski definition) is 2. The molecule has 1 rings (SSSR count). The summed E-state index contributed by atoms with van der Waals surface area (Å²) in [4.78, 5) is 15.6. The van der Waals surface area contributed by atoms with Crippen LogP contribution in [0.15, 0.2) is 10.7 Å². The van der Waals surface area contributed by atoms with Crippen molar-refractivity contribution in [3.8, 4) is 0 Å². The minimum absolute atomic E-state index is 0.155. The van der Waals surface area contributed by atoms with Crippen molar-refractivity contribution in [3.05, 3.63) is 17.8 Å². The molecular formula is C10H17N3O2. The van der Waals surface area contributed by atoms with E-state index in [0.29, 0.717) is 18.1 Å². The van der Waals surface area contributed by atoms with Gasteiger partial charge in [0.25, 0.3) is 5.91 Å². The maximum Gasteiger partial charge on any atom is 0.273 e. The van der Waals surface area contributed by atoms with E-state index in [2.05, 4.69) is 15.6 Å². The van der Waals surface area contributed by atoms with Crippen LogP contribution in [0.3, 0.4) is 0 Å². The summed E-state index contributed by atoms with van der Waals surface area (Å²) in [6.07, 6.45) is 2.28. The van der Waals surface area contributed by atoms with E-state index in [1.54, 1.807) is 7.05 Å². The monoisotopic (exact) mass is 211 g/mol. The van der Waals surface area contributed by atoms with Gasteiger partial charge in [-0.3, -0.25) is 4.79 Å². The molecule has 1 unspecified atom stereocenters. The zero-order valence-electron chi connectivity index (χ0n) is 9.33. The van der Waals surface area contributed by atoms with Gasteiger partial charge in [-0.15, -0.1) is 0 Å². The fraction of sp³-hybridized carbons (Fsp3) is 0.600. The summed E-state index contributed by atoms with van der Waals surface area (Å²) in [6, 6.07) is 0.155. The Morgan fingerprint density at radius 1 is 1.67 bits per heavy atom. The van der Waals surface area contributed by atoms with Crippen molar-refractivity contribution in [1.29, 1.82) is 0 Å². The Labute approximate surface area is 89.3 Å². The van der Waals surface area contributed by atoms with Gasteiger partial charge in [-0.25, -0.2) is 4.98 Å². The van der Waals surface area contributed by atoms with E-state index < -0.39 is 0 Å². The molecule has 0 radical (unpaired) electrons. The zero-order valence-corrected chi connectivity index (χ0v) is 9.33. The van der Waals surface area contributed by atoms with Crippen molar-refractivity contribution < 1.29 is 9.21 Å². The highest BCUT2D eigenvalue weighted by Gasteiger charge is 2.13. The zero-order chi connectivity index (χ0) is 11.3. The largest absolute Gasteiger partial charge is 0.447 e. The van der Waals surface area contributed by atoms with Crippen LogP contribution in [0.2, 0.25) is 0 Å². The smallest absolute Gasteiger partial charge is 0.273 e. The molecule has 15 heavy (non-hydrogen) atoms. The molecule has 0 fully saturated rings. The quantitative estimate of drug-likeness (QED) is 0.760. The van der Waals surface area contributed by atoms with Crippen molar-refractivity contribution in [2.75, 3.05) is 7.05 Å². The van der Waals surface area contributed by atoms with Crippen LogP contribution < -0.4 is 10.6 Å². The Morgan fingerprint density at radius 2 is 2.40 bits per heavy atom. The summed E-state index contributed by atoms with van der Waals surface area (Å²) in [5.74, 6) is 0.335. The molecule has 1 heterocycles. The van der Waals surface area contributed by atoms with E-state index in [-0.39, 0.29) is 11.9 Å². The molecule has 5 nitrogen and oxygen atoms in total. The lowest BCUT2D eigenvalue weighted by atomic mass is 10.2. The first-order valence-corrected chi connectivity index (χ1v) is 5.07. The summed E-state index contributed by atoms with van der Waals surface area (Å²) in [5.41, 5.74) is 0.334. The van der Waals surface area contributed by atoms with Crippen LogP contribution >= 0.6 is 0 Å². The molecule has 2 N–H and O–H groups in total. The predicted octanol–water partition coefficient (Wildman–Crippen LogP) is 0.922. The third-order valence-corrected chi connectivity index (χ3v) is 2.10. The highest BCUT2D eigenvalue weighted by Crippen LogP contribution is 2.02. The molecule has 1 aromatic heterocycles. The summed E-state index contributed by atoms with van der Waals surface area (Å²) in [5, 5.41) is 5.72. The maximum absolute atomic E-state index is 11.6. The fourth-order valence-electron chi connectivity index (χ4n) is 1.05. The van der Waals surface area contributed by atoms with Crippen molar-refractivity contribution >= 4 is 5.91 Å². The number of nitrogens with one attached hydrogen (secondary N) is 2. The molecule has 0 spiro atoms. The van der Waals surface area contributed by atoms with Crippen LogP contribution in [0.1, 0.15) is 36.6 Å². The summed E-state index contributed by atoms with van der Waals surface area (Å²) in [7, 11) is 1.79. The third-order valence-electron chi connectivity index (χ3n) is 2.10. The lowest BCUT2D eigenvalue weighted by Crippen LogP contribution is -2.32. The highest BCUT2D eigenvalue weighted by atomic mass is 16.3. The van der Waals surface area contributed by atoms with Crippen molar-refractivity contribution in [2.45, 2.75) is 32.9 Å². The van der Waals surface area contributed by atoms with Crippen LogP contribution in [-0.2, 0) is 6.54 Å². The summed E-state index contributed by atoms with van der Waals surface area (Å²) >= 11 is 0. The highest BCUT2D eigenvalue weighted by molar-refractivity contribution is 5.92. The average Bonchev–Trinajstić information content (AvgIpc) is 2.67. The van der Waals surface area contributed by atoms with E-state index in [1.165, 1.54) is 6.26 Å². The molecule has 0 bridgehead atoms. The standard InChI is InChI=1S/C10H17N3O2/c1-4-7(2)12-10(14)8-6-15-9(13-8)5-11-3/h6-7,11H,4-5H2,1-3H3,(H,12,14). The van der Waals surface area contributed by atoms with E-state index in [4.69, 9.17) is 4.42 Å². The number of carbonyl (C=O) groups excluding carboxylic acids is 1. The average molecular weight is 211 g/mol. The minimum atomic E-state index is -0.185. The topological polar surface area (TPSA) is 67.2 Å². The molecular weight excluding hydrogens is 194 g/mol. The molecule has 1 aromatic rings. The summed E-state index contributed by atoms with van der Waals surface area (Å²) < 4.78 is 5.11. The van der Waals surface area contributed by atoms with Crippen LogP contribution in [0, 0.1) is 0 Å². The molecule has 5 heteroatoms. The second kappa shape index (κ2) is 5.50. The Hall–Kier alpha value is -1.36. The number of carbonyl (C=O) groups is 1. The lowest BCUT2D eigenvalue weighted by Gasteiger charge is -2.08. The molecule has 84 valence electrons. The first-order valence-electron chi connectivity index (χ1n) is 5.07. The Kier molecular flexibility index (Phi) is 4.30. The summed E-state index contributed by atoms with van der Waals surface area (Å²) in [6.45, 7) is 4.49. The van der Waals surface area contributed by atoms with Gasteiger partial charge < -0.3 is 15.1 Å². The van der Waals surface area contributed by atoms with Gasteiger partial charge in [0.05, 0.1) is 6.54 Å². The van der Waals surface area contributed by atoms with Gasteiger partial charge in [-0.2, -0.15) is 0 Å². The van der Waals surface area contributed by atoms with Gasteiger partial charge in [-0.05, 0) is 20.4 Å². The van der Waals surface area contributed by atoms with Gasteiger partial charge in [0.2, 0.25) is 5.89 Å². The Balaban J connectivity index is 2.58. The molecule has 0 aliphatic rings. The Morgan fingerprint density at radius 3 is 3.00 bits per heavy atom. The fourth-order valence-corrected chi connectivity index (χ4v) is 1.05. The molecule has 0 saturated carbocycles. The van der Waals surface area contributed by atoms with E-state index in [1.807, 2.05) is 13.8 Å². The molecule has 0 aliphatic heterocycles. The van der Waals surface area contributed by atoms with Crippen LogP contribution in [0.4, 0.5) is 0 Å². The lowest BCUT2D eigenvalue weighted by molar-refractivity contribution is 0.0934. The van der Waals surface area contributed by atoms with Crippen LogP contribution in [-0.4, -0.2) is 24.0 Å². The van der Waals surface area contributed by atoms with Crippen molar-refractivity contribution in [1.82, 2.24) is 15.6 Å². The molecule has 0 aromatic carbocycles. The normalized spacial score (nSPS) is 12.5. The van der Waals surface area contributed by atoms with Gasteiger partial charge in [0.1, 0.15) is 6.26 Å². The van der Waals surface area contributed by atoms with Gasteiger partial charge in [-0.1, -0.05) is 6.92 Å². The molecule has 0 saturated heterocycles. The number of amides is 1. The van der Waals surface area contributed by atoms with Crippen LogP contribution in [0.25, 0.3) is 0 Å². The van der Waals surface area contributed by atoms with Crippen molar-refractivity contribution in [2.24, 2.45) is 0 Å². The van der Waals surface area contributed by atoms with Gasteiger partial charge in [0.15, 0.2) is 5.69 Å². The molecule has 1 amide bonds. The second-order valence-electron chi connectivity index (χ2n) is 3.44. The van der Waals surface area contributed by atoms with Crippen molar-refractivity contribution in [3.63, 3.8) is 0 Å². The van der Waals surface area contributed by atoms with Crippen LogP contribution in [0.5, 0.6) is 0 Å². The van der Waals surface area contributed by atoms with Gasteiger partial charge >= 0.3 is 0 Å². The number of hydrogen-bond acceptors (Lipinski definition) is 4. The third kappa shape index (κ3) is 3.36. The van der Waals surface area contributed by atoms with E-state index in [0.717, 1.165) is 6.42 Å². The SMILES string of the molecule is CCC(C)NC(=O)c1coc(CNC)n1. The molecule has 1 atom stereocenters. The number of oxazole rings is 1. The Bertz CT molecular complexity index is 322. The number of aromatic nitrogens is 1. The first kappa shape index (κ1) is 11.7. The van der Waals surface area contributed by atoms with Gasteiger partial charge in [0, 0.05) is 6.04 Å². The molecule has 0 aliphatic carbocycles. The first-order chi connectivity index (χ1) is 7.17. The minimum Gasteiger partial charge on any atom is -0.447 e. The number of rotatable bonds is 5. The number of nitrogens with zero attached hydrogens (tertiary/aromatic N) is 1.